The maximum atomic E-state index is 5.60. The van der Waals surface area contributed by atoms with E-state index in [-0.39, 0.29) is 0 Å². The second-order valence-corrected chi connectivity index (χ2v) is 1.92. The second-order valence-electron chi connectivity index (χ2n) is 1.92. The molecule has 1 aromatic rings. The zero-order valence-electron chi connectivity index (χ0n) is 5.46. The van der Waals surface area contributed by atoms with Gasteiger partial charge < -0.3 is 5.73 Å². The van der Waals surface area contributed by atoms with E-state index in [4.69, 9.17) is 5.73 Å². The Kier molecular flexibility index (Phi) is 1.73. The van der Waals surface area contributed by atoms with Gasteiger partial charge in [0, 0.05) is 5.69 Å². The van der Waals surface area contributed by atoms with Crippen molar-refractivity contribution in [2.24, 2.45) is 0 Å². The lowest BCUT2D eigenvalue weighted by molar-refractivity contribution is 1.43. The van der Waals surface area contributed by atoms with Gasteiger partial charge in [-0.05, 0) is 18.1 Å². The third-order valence-electron chi connectivity index (χ3n) is 1.31. The van der Waals surface area contributed by atoms with Crippen molar-refractivity contribution in [2.75, 3.05) is 5.73 Å². The predicted octanol–water partition coefficient (Wildman–Crippen LogP) is 1.84. The van der Waals surface area contributed by atoms with E-state index in [2.05, 4.69) is 0 Å². The first-order chi connectivity index (χ1) is 4.34. The number of nitrogen functional groups attached to an aromatic ring is 1. The fraction of sp³-hybridized carbons (Fsp3) is 0.125. The molecule has 2 N–H and O–H groups in total. The van der Waals surface area contributed by atoms with Gasteiger partial charge in [0.1, 0.15) is 0 Å². The van der Waals surface area contributed by atoms with E-state index in [9.17, 15) is 0 Å². The van der Waals surface area contributed by atoms with E-state index in [1.165, 1.54) is 0 Å². The lowest BCUT2D eigenvalue weighted by Gasteiger charge is -1.98. The zero-order chi connectivity index (χ0) is 6.69. The first kappa shape index (κ1) is 6.14. The molecule has 1 aromatic carbocycles. The number of nitrogens with two attached hydrogens (primary N) is 1. The van der Waals surface area contributed by atoms with Crippen LogP contribution in [0.1, 0.15) is 12.5 Å². The van der Waals surface area contributed by atoms with Gasteiger partial charge in [0.05, 0.1) is 0 Å². The fourth-order valence-electron chi connectivity index (χ4n) is 0.774. The summed E-state index contributed by atoms with van der Waals surface area (Å²) in [5.74, 6) is 0. The Morgan fingerprint density at radius 1 is 1.33 bits per heavy atom. The number of anilines is 1. The lowest BCUT2D eigenvalue weighted by atomic mass is 10.1. The molecule has 1 radical (unpaired) electrons. The van der Waals surface area contributed by atoms with E-state index in [1.807, 2.05) is 37.6 Å². The van der Waals surface area contributed by atoms with Crippen LogP contribution in [0.4, 0.5) is 5.69 Å². The Morgan fingerprint density at radius 2 is 2.00 bits per heavy atom. The minimum atomic E-state index is 0.847. The number of hydrogen-bond donors (Lipinski definition) is 1. The third kappa shape index (κ3) is 1.22. The molecule has 0 spiro atoms. The molecule has 0 amide bonds. The molecule has 0 aliphatic carbocycles. The van der Waals surface area contributed by atoms with Crippen LogP contribution in [0.2, 0.25) is 0 Å². The highest BCUT2D eigenvalue weighted by Crippen LogP contribution is 2.11. The van der Waals surface area contributed by atoms with Gasteiger partial charge in [-0.15, -0.1) is 0 Å². The molecule has 0 bridgehead atoms. The Hall–Kier alpha value is -0.980. The average molecular weight is 120 g/mol. The number of para-hydroxylation sites is 1. The highest BCUT2D eigenvalue weighted by Gasteiger charge is 1.90. The van der Waals surface area contributed by atoms with Gasteiger partial charge in [-0.1, -0.05) is 25.1 Å². The monoisotopic (exact) mass is 120 g/mol. The maximum Gasteiger partial charge on any atom is 0.0349 e. The largest absolute Gasteiger partial charge is 0.398 e. The zero-order valence-corrected chi connectivity index (χ0v) is 5.46. The van der Waals surface area contributed by atoms with Crippen LogP contribution in [0.5, 0.6) is 0 Å². The summed E-state index contributed by atoms with van der Waals surface area (Å²) in [6, 6.07) is 7.80. The summed E-state index contributed by atoms with van der Waals surface area (Å²) in [5.41, 5.74) is 7.56. The first-order valence-corrected chi connectivity index (χ1v) is 2.98. The molecule has 0 aromatic heterocycles. The van der Waals surface area contributed by atoms with Crippen LogP contribution in [-0.4, -0.2) is 0 Å². The Balaban J connectivity index is 3.01. The Morgan fingerprint density at radius 3 is 2.44 bits per heavy atom. The molecule has 0 aliphatic rings. The SMILES string of the molecule is C[CH]c1ccccc1N. The summed E-state index contributed by atoms with van der Waals surface area (Å²) in [6.45, 7) is 1.98. The molecule has 0 unspecified atom stereocenters. The van der Waals surface area contributed by atoms with Crippen LogP contribution in [-0.2, 0) is 0 Å². The van der Waals surface area contributed by atoms with Crippen molar-refractivity contribution in [3.8, 4) is 0 Å². The Labute approximate surface area is 55.5 Å². The van der Waals surface area contributed by atoms with Crippen LogP contribution in [0.25, 0.3) is 0 Å². The van der Waals surface area contributed by atoms with Crippen LogP contribution in [0.15, 0.2) is 24.3 Å². The van der Waals surface area contributed by atoms with Crippen molar-refractivity contribution < 1.29 is 0 Å². The van der Waals surface area contributed by atoms with Crippen molar-refractivity contribution in [3.63, 3.8) is 0 Å². The third-order valence-corrected chi connectivity index (χ3v) is 1.31. The van der Waals surface area contributed by atoms with Gasteiger partial charge in [-0.2, -0.15) is 0 Å². The molecule has 0 saturated heterocycles. The van der Waals surface area contributed by atoms with Crippen molar-refractivity contribution in [3.05, 3.63) is 36.2 Å². The summed E-state index contributed by atoms with van der Waals surface area (Å²) in [4.78, 5) is 0. The normalized spacial score (nSPS) is 9.44. The van der Waals surface area contributed by atoms with Gasteiger partial charge in [-0.25, -0.2) is 0 Å². The molecule has 0 heterocycles. The molecule has 0 atom stereocenters. The van der Waals surface area contributed by atoms with Crippen LogP contribution in [0.3, 0.4) is 0 Å². The topological polar surface area (TPSA) is 26.0 Å². The minimum absolute atomic E-state index is 0.847. The molecule has 1 rings (SSSR count). The quantitative estimate of drug-likeness (QED) is 0.562. The van der Waals surface area contributed by atoms with E-state index < -0.39 is 0 Å². The van der Waals surface area contributed by atoms with Gasteiger partial charge in [0.25, 0.3) is 0 Å². The highest BCUT2D eigenvalue weighted by atomic mass is 14.5. The molecule has 1 heteroatoms. The molecule has 0 fully saturated rings. The van der Waals surface area contributed by atoms with Gasteiger partial charge in [0.2, 0.25) is 0 Å². The number of rotatable bonds is 1. The van der Waals surface area contributed by atoms with Crippen molar-refractivity contribution in [1.29, 1.82) is 0 Å². The van der Waals surface area contributed by atoms with Crippen LogP contribution >= 0.6 is 0 Å². The van der Waals surface area contributed by atoms with Crippen LogP contribution in [0, 0.1) is 6.42 Å². The lowest BCUT2D eigenvalue weighted by Crippen LogP contribution is -1.89. The molecular weight excluding hydrogens is 110 g/mol. The van der Waals surface area contributed by atoms with E-state index >= 15 is 0 Å². The summed E-state index contributed by atoms with van der Waals surface area (Å²) >= 11 is 0. The predicted molar refractivity (Wildman–Crippen MR) is 39.9 cm³/mol. The molecule has 0 saturated carbocycles. The summed E-state index contributed by atoms with van der Waals surface area (Å²) in [5, 5.41) is 0. The second kappa shape index (κ2) is 2.53. The molecule has 47 valence electrons. The van der Waals surface area contributed by atoms with E-state index in [1.54, 1.807) is 0 Å². The minimum Gasteiger partial charge on any atom is -0.398 e. The highest BCUT2D eigenvalue weighted by molar-refractivity contribution is 5.49. The van der Waals surface area contributed by atoms with Crippen molar-refractivity contribution in [2.45, 2.75) is 6.92 Å². The standard InChI is InChI=1S/C8H10N/c1-2-7-5-3-4-6-8(7)9/h2-6H,9H2,1H3. The summed E-state index contributed by atoms with van der Waals surface area (Å²) in [6.07, 6.45) is 2.00. The maximum absolute atomic E-state index is 5.60. The number of hydrogen-bond acceptors (Lipinski definition) is 1. The average Bonchev–Trinajstić information content (AvgIpc) is 1.89. The Bertz CT molecular complexity index is 194. The molecule has 9 heavy (non-hydrogen) atoms. The smallest absolute Gasteiger partial charge is 0.0349 e. The van der Waals surface area contributed by atoms with Crippen molar-refractivity contribution >= 4 is 5.69 Å². The van der Waals surface area contributed by atoms with Crippen LogP contribution < -0.4 is 5.73 Å². The summed E-state index contributed by atoms with van der Waals surface area (Å²) < 4.78 is 0. The van der Waals surface area contributed by atoms with Gasteiger partial charge in [0.15, 0.2) is 0 Å². The molecule has 0 aliphatic heterocycles. The molecule has 1 nitrogen and oxygen atoms in total. The van der Waals surface area contributed by atoms with Gasteiger partial charge in [-0.3, -0.25) is 0 Å². The number of benzene rings is 1. The van der Waals surface area contributed by atoms with Crippen molar-refractivity contribution in [1.82, 2.24) is 0 Å². The van der Waals surface area contributed by atoms with E-state index in [0.29, 0.717) is 0 Å². The fourth-order valence-corrected chi connectivity index (χ4v) is 0.774. The molecular formula is C8H10N. The van der Waals surface area contributed by atoms with E-state index in [0.717, 1.165) is 11.3 Å². The van der Waals surface area contributed by atoms with Gasteiger partial charge >= 0.3 is 0 Å². The first-order valence-electron chi connectivity index (χ1n) is 2.98. The summed E-state index contributed by atoms with van der Waals surface area (Å²) in [7, 11) is 0.